The molecule has 6 nitrogen and oxygen atoms in total. The Morgan fingerprint density at radius 2 is 2.16 bits per heavy atom. The van der Waals surface area contributed by atoms with E-state index >= 15 is 0 Å². The maximum Gasteiger partial charge on any atom is 0.328 e. The Balaban J connectivity index is 2.13. The highest BCUT2D eigenvalue weighted by molar-refractivity contribution is 9.10. The number of hydrogen-bond donors (Lipinski definition) is 1. The Hall–Kier alpha value is -1.89. The van der Waals surface area contributed by atoms with Gasteiger partial charge >= 0.3 is 6.03 Å². The van der Waals surface area contributed by atoms with E-state index in [2.05, 4.69) is 26.3 Å². The van der Waals surface area contributed by atoms with E-state index < -0.39 is 0 Å². The summed E-state index contributed by atoms with van der Waals surface area (Å²) >= 11 is 3.48. The first-order valence-electron chi connectivity index (χ1n) is 5.79. The summed E-state index contributed by atoms with van der Waals surface area (Å²) in [5.41, 5.74) is 1.68. The van der Waals surface area contributed by atoms with Crippen molar-refractivity contribution < 1.29 is 9.59 Å². The predicted octanol–water partition coefficient (Wildman–Crippen LogP) is 1.78. The number of amides is 3. The van der Waals surface area contributed by atoms with Crippen LogP contribution in [-0.4, -0.2) is 28.3 Å². The van der Waals surface area contributed by atoms with Gasteiger partial charge in [-0.25, -0.2) is 4.79 Å². The van der Waals surface area contributed by atoms with Crippen molar-refractivity contribution in [2.24, 2.45) is 7.05 Å². The van der Waals surface area contributed by atoms with Crippen molar-refractivity contribution in [1.82, 2.24) is 15.1 Å². The quantitative estimate of drug-likeness (QED) is 0.870. The van der Waals surface area contributed by atoms with Crippen LogP contribution in [-0.2, 0) is 11.8 Å². The van der Waals surface area contributed by atoms with Gasteiger partial charge in [0, 0.05) is 29.9 Å². The van der Waals surface area contributed by atoms with Crippen molar-refractivity contribution in [3.05, 3.63) is 22.8 Å². The van der Waals surface area contributed by atoms with Crippen LogP contribution in [0, 0.1) is 0 Å². The van der Waals surface area contributed by atoms with Crippen LogP contribution in [0.3, 0.4) is 0 Å². The van der Waals surface area contributed by atoms with E-state index in [9.17, 15) is 9.59 Å². The number of carbonyl (C=O) groups excluding carboxylic acids is 2. The van der Waals surface area contributed by atoms with Crippen molar-refractivity contribution in [2.75, 3.05) is 11.4 Å². The van der Waals surface area contributed by atoms with Crippen LogP contribution in [0.5, 0.6) is 0 Å². The molecule has 1 aromatic carbocycles. The number of anilines is 1. The molecule has 1 N–H and O–H groups in total. The number of hydrogen-bond acceptors (Lipinski definition) is 3. The first-order chi connectivity index (χ1) is 9.08. The molecule has 19 heavy (non-hydrogen) atoms. The number of aryl methyl sites for hydroxylation is 1. The molecular weight excluding hydrogens is 312 g/mol. The average Bonchev–Trinajstić information content (AvgIpc) is 2.74. The number of aromatic nitrogens is 2. The number of urea groups is 1. The van der Waals surface area contributed by atoms with Crippen LogP contribution >= 0.6 is 15.9 Å². The van der Waals surface area contributed by atoms with Crippen molar-refractivity contribution in [2.45, 2.75) is 6.42 Å². The minimum Gasteiger partial charge on any atom is -0.293 e. The smallest absolute Gasteiger partial charge is 0.293 e. The Morgan fingerprint density at radius 1 is 1.37 bits per heavy atom. The van der Waals surface area contributed by atoms with Crippen LogP contribution in [0.1, 0.15) is 6.42 Å². The fraction of sp³-hybridized carbons (Fsp3) is 0.250. The fourth-order valence-electron chi connectivity index (χ4n) is 2.26. The van der Waals surface area contributed by atoms with Gasteiger partial charge in [0.15, 0.2) is 0 Å². The molecule has 1 aromatic heterocycles. The van der Waals surface area contributed by atoms with Gasteiger partial charge in [0.1, 0.15) is 0 Å². The van der Waals surface area contributed by atoms with E-state index in [-0.39, 0.29) is 11.9 Å². The molecule has 0 bridgehead atoms. The molecule has 0 radical (unpaired) electrons. The number of imide groups is 1. The van der Waals surface area contributed by atoms with Crippen molar-refractivity contribution in [3.63, 3.8) is 0 Å². The van der Waals surface area contributed by atoms with Gasteiger partial charge in [-0.2, -0.15) is 5.10 Å². The highest BCUT2D eigenvalue weighted by Gasteiger charge is 2.26. The zero-order valence-electron chi connectivity index (χ0n) is 10.2. The summed E-state index contributed by atoms with van der Waals surface area (Å²) in [5, 5.41) is 7.41. The monoisotopic (exact) mass is 322 g/mol. The number of nitrogens with one attached hydrogen (secondary N) is 1. The number of fused-ring (bicyclic) bond motifs is 1. The molecule has 1 saturated heterocycles. The topological polar surface area (TPSA) is 67.2 Å². The molecule has 0 spiro atoms. The Labute approximate surface area is 117 Å². The number of carbonyl (C=O) groups is 2. The molecule has 1 fully saturated rings. The molecule has 2 heterocycles. The molecule has 1 aliphatic heterocycles. The van der Waals surface area contributed by atoms with E-state index in [1.165, 1.54) is 0 Å². The summed E-state index contributed by atoms with van der Waals surface area (Å²) < 4.78 is 2.66. The summed E-state index contributed by atoms with van der Waals surface area (Å²) in [6, 6.07) is 3.34. The van der Waals surface area contributed by atoms with E-state index in [0.29, 0.717) is 13.0 Å². The van der Waals surface area contributed by atoms with Gasteiger partial charge in [-0.05, 0) is 28.1 Å². The lowest BCUT2D eigenvalue weighted by Crippen LogP contribution is -2.49. The molecule has 1 aliphatic rings. The second-order valence-corrected chi connectivity index (χ2v) is 5.21. The van der Waals surface area contributed by atoms with E-state index in [0.717, 1.165) is 21.1 Å². The summed E-state index contributed by atoms with van der Waals surface area (Å²) in [7, 11) is 1.84. The minimum atomic E-state index is -0.385. The molecule has 2 aromatic rings. The molecule has 0 aliphatic carbocycles. The number of halogens is 1. The zero-order chi connectivity index (χ0) is 13.6. The highest BCUT2D eigenvalue weighted by Crippen LogP contribution is 2.32. The fourth-order valence-corrected chi connectivity index (χ4v) is 2.86. The van der Waals surface area contributed by atoms with E-state index in [1.807, 2.05) is 19.2 Å². The third kappa shape index (κ3) is 1.90. The summed E-state index contributed by atoms with van der Waals surface area (Å²) in [5.74, 6) is -0.235. The third-order valence-corrected chi connectivity index (χ3v) is 3.81. The number of rotatable bonds is 1. The molecule has 0 unspecified atom stereocenters. The largest absolute Gasteiger partial charge is 0.328 e. The second-order valence-electron chi connectivity index (χ2n) is 4.35. The van der Waals surface area contributed by atoms with Gasteiger partial charge in [-0.3, -0.25) is 19.7 Å². The van der Waals surface area contributed by atoms with Gasteiger partial charge in [-0.1, -0.05) is 0 Å². The van der Waals surface area contributed by atoms with Gasteiger partial charge < -0.3 is 0 Å². The SMILES string of the molecule is Cn1ncc2c(N3CCC(=O)NC3=O)ccc(Br)c21. The molecule has 0 saturated carbocycles. The molecule has 3 rings (SSSR count). The molecule has 3 amide bonds. The third-order valence-electron chi connectivity index (χ3n) is 3.17. The lowest BCUT2D eigenvalue weighted by Gasteiger charge is -2.27. The minimum absolute atomic E-state index is 0.235. The summed E-state index contributed by atoms with van der Waals surface area (Å²) in [4.78, 5) is 24.7. The van der Waals surface area contributed by atoms with E-state index in [4.69, 9.17) is 0 Å². The predicted molar refractivity (Wildman–Crippen MR) is 73.9 cm³/mol. The van der Waals surface area contributed by atoms with Gasteiger partial charge in [0.25, 0.3) is 0 Å². The lowest BCUT2D eigenvalue weighted by atomic mass is 10.2. The zero-order valence-corrected chi connectivity index (χ0v) is 11.8. The van der Waals surface area contributed by atoms with Gasteiger partial charge in [-0.15, -0.1) is 0 Å². The summed E-state index contributed by atoms with van der Waals surface area (Å²) in [6.45, 7) is 0.385. The van der Waals surface area contributed by atoms with Crippen LogP contribution in [0.4, 0.5) is 10.5 Å². The first-order valence-corrected chi connectivity index (χ1v) is 6.59. The van der Waals surface area contributed by atoms with Crippen LogP contribution in [0.25, 0.3) is 10.9 Å². The van der Waals surface area contributed by atoms with Gasteiger partial charge in [0.05, 0.1) is 17.4 Å². The highest BCUT2D eigenvalue weighted by atomic mass is 79.9. The second kappa shape index (κ2) is 4.34. The normalized spacial score (nSPS) is 16.0. The standard InChI is InChI=1S/C12H11BrN4O2/c1-16-11-7(6-14-16)9(3-2-8(11)13)17-5-4-10(18)15-12(17)19/h2-3,6H,4-5H2,1H3,(H,15,18,19). The molecular formula is C12H11BrN4O2. The van der Waals surface area contributed by atoms with Gasteiger partial charge in [0.2, 0.25) is 5.91 Å². The lowest BCUT2D eigenvalue weighted by molar-refractivity contribution is -0.120. The van der Waals surface area contributed by atoms with E-state index in [1.54, 1.807) is 15.8 Å². The van der Waals surface area contributed by atoms with Crippen LogP contribution < -0.4 is 10.2 Å². The molecule has 98 valence electrons. The first kappa shape index (κ1) is 12.2. The molecule has 0 atom stereocenters. The maximum atomic E-state index is 11.9. The van der Waals surface area contributed by atoms with Crippen molar-refractivity contribution in [1.29, 1.82) is 0 Å². The Morgan fingerprint density at radius 3 is 2.89 bits per heavy atom. The maximum absolute atomic E-state index is 11.9. The number of nitrogens with zero attached hydrogens (tertiary/aromatic N) is 3. The Bertz CT molecular complexity index is 694. The Kier molecular flexibility index (Phi) is 2.78. The van der Waals surface area contributed by atoms with Crippen LogP contribution in [0.2, 0.25) is 0 Å². The van der Waals surface area contributed by atoms with Crippen molar-refractivity contribution >= 4 is 44.5 Å². The molecule has 7 heteroatoms. The number of benzene rings is 1. The van der Waals surface area contributed by atoms with Crippen molar-refractivity contribution in [3.8, 4) is 0 Å². The summed E-state index contributed by atoms with van der Waals surface area (Å²) in [6.07, 6.45) is 2.03. The average molecular weight is 323 g/mol. The van der Waals surface area contributed by atoms with Crippen LogP contribution in [0.15, 0.2) is 22.8 Å².